The van der Waals surface area contributed by atoms with E-state index in [9.17, 15) is 34.0 Å². The van der Waals surface area contributed by atoms with E-state index in [1.165, 1.54) is 13.8 Å². The fraction of sp³-hybridized carbons (Fsp3) is 0.875. The second kappa shape index (κ2) is 27.5. The molecule has 10 nitrogen and oxygen atoms in total. The van der Waals surface area contributed by atoms with Gasteiger partial charge in [0.25, 0.3) is 7.72 Å². The molecule has 0 saturated carbocycles. The van der Waals surface area contributed by atoms with Crippen LogP contribution in [0.3, 0.4) is 0 Å². The van der Waals surface area contributed by atoms with Gasteiger partial charge in [-0.25, -0.2) is 9.79 Å². The van der Waals surface area contributed by atoms with Gasteiger partial charge < -0.3 is 24.2 Å². The Labute approximate surface area is 276 Å². The van der Waals surface area contributed by atoms with Crippen LogP contribution in [0.5, 0.6) is 0 Å². The van der Waals surface area contributed by atoms with Gasteiger partial charge in [-0.1, -0.05) is 27.7 Å². The summed E-state index contributed by atoms with van der Waals surface area (Å²) >= 11 is 0. The molecule has 0 aromatic rings. The molecule has 38 heavy (non-hydrogen) atoms. The Morgan fingerprint density at radius 2 is 1.11 bits per heavy atom. The first-order valence-electron chi connectivity index (χ1n) is 13.2. The van der Waals surface area contributed by atoms with Crippen LogP contribution in [-0.2, 0) is 14.4 Å². The molecular weight excluding hydrogens is 574 g/mol. The van der Waals surface area contributed by atoms with Gasteiger partial charge in [0.1, 0.15) is 11.6 Å². The molecule has 0 spiro atoms. The zero-order valence-corrected chi connectivity index (χ0v) is 30.6. The maximum atomic E-state index is 11.2. The number of ketones is 2. The van der Waals surface area contributed by atoms with E-state index in [2.05, 4.69) is 9.80 Å². The maximum absolute atomic E-state index is 11.2. The normalized spacial score (nSPS) is 17.1. The quantitative estimate of drug-likeness (QED) is 0.111. The number of hydrogen-bond acceptors (Lipinski definition) is 10. The SMILES string of the molecule is CC.CC.CC(=O)CCP(O)CN1CCN(CP(O)CCC(C)=O)CCN(C[P+](O)(O)CC[C-]=O)CC1.[K+]. The van der Waals surface area contributed by atoms with Crippen LogP contribution in [0.1, 0.15) is 60.8 Å². The van der Waals surface area contributed by atoms with E-state index in [-0.39, 0.29) is 81.8 Å². The van der Waals surface area contributed by atoms with Crippen LogP contribution >= 0.6 is 24.0 Å². The van der Waals surface area contributed by atoms with E-state index in [4.69, 9.17) is 0 Å². The zero-order valence-electron chi connectivity index (χ0n) is 24.8. The van der Waals surface area contributed by atoms with Crippen molar-refractivity contribution < 1.29 is 85.3 Å². The summed E-state index contributed by atoms with van der Waals surface area (Å²) in [5, 5.41) is 0. The number of carbonyl (C=O) groups is 2. The molecule has 2 unspecified atom stereocenters. The van der Waals surface area contributed by atoms with Gasteiger partial charge in [0, 0.05) is 81.0 Å². The van der Waals surface area contributed by atoms with Crippen molar-refractivity contribution in [1.82, 2.24) is 14.7 Å². The minimum atomic E-state index is -3.25. The third-order valence-electron chi connectivity index (χ3n) is 5.37. The molecule has 220 valence electrons. The van der Waals surface area contributed by atoms with Crippen molar-refractivity contribution >= 4 is 41.9 Å². The Morgan fingerprint density at radius 3 is 1.42 bits per heavy atom. The standard InChI is InChI=1S/C20H40N3O7P3.2C2H6.K/c1-19(25)4-13-31(27)16-21-6-7-22(17-32(28)14-5-20(2)26)9-11-23(10-8-21)18-33(29,30)15-3-12-24;2*1-2;/h27-30H,3-11,13-18H2,1-2H3;2*1-2H3;/q;;;+1. The van der Waals surface area contributed by atoms with E-state index < -0.39 is 24.0 Å². The summed E-state index contributed by atoms with van der Waals surface area (Å²) in [5.41, 5.74) is 0. The summed E-state index contributed by atoms with van der Waals surface area (Å²) in [6, 6.07) is 0. The van der Waals surface area contributed by atoms with Gasteiger partial charge in [-0.3, -0.25) is 21.0 Å². The van der Waals surface area contributed by atoms with E-state index in [1.807, 2.05) is 32.6 Å². The summed E-state index contributed by atoms with van der Waals surface area (Å²) in [5.74, 6) is 0.109. The minimum Gasteiger partial charge on any atom is -0.542 e. The van der Waals surface area contributed by atoms with Crippen LogP contribution in [0.2, 0.25) is 0 Å². The van der Waals surface area contributed by atoms with Crippen LogP contribution in [0.4, 0.5) is 0 Å². The van der Waals surface area contributed by atoms with E-state index in [0.29, 0.717) is 77.0 Å². The van der Waals surface area contributed by atoms with Crippen molar-refractivity contribution in [1.29, 1.82) is 0 Å². The molecule has 1 heterocycles. The van der Waals surface area contributed by atoms with E-state index >= 15 is 0 Å². The van der Waals surface area contributed by atoms with Crippen molar-refractivity contribution in [2.75, 3.05) is 76.6 Å². The Kier molecular flexibility index (Phi) is 31.9. The van der Waals surface area contributed by atoms with Gasteiger partial charge in [0.05, 0.1) is 6.16 Å². The summed E-state index contributed by atoms with van der Waals surface area (Å²) in [4.78, 5) is 80.8. The monoisotopic (exact) mass is 626 g/mol. The van der Waals surface area contributed by atoms with Crippen LogP contribution in [-0.4, -0.2) is 129 Å². The maximum Gasteiger partial charge on any atom is 1.00 e. The minimum absolute atomic E-state index is 0. The van der Waals surface area contributed by atoms with Gasteiger partial charge in [-0.15, -0.1) is 6.42 Å². The fourth-order valence-corrected chi connectivity index (χ4v) is 7.83. The molecule has 1 fully saturated rings. The molecule has 0 amide bonds. The third kappa shape index (κ3) is 25.4. The first kappa shape index (κ1) is 44.1. The Balaban J connectivity index is -0.00000233. The van der Waals surface area contributed by atoms with E-state index in [0.717, 1.165) is 0 Å². The first-order valence-corrected chi connectivity index (χ1v) is 18.6. The molecule has 14 heteroatoms. The smallest absolute Gasteiger partial charge is 0.542 e. The van der Waals surface area contributed by atoms with Crippen molar-refractivity contribution in [2.45, 2.75) is 60.8 Å². The first-order chi connectivity index (χ1) is 17.5. The Bertz CT molecular complexity index is 587. The molecule has 1 saturated heterocycles. The Morgan fingerprint density at radius 1 is 0.763 bits per heavy atom. The summed E-state index contributed by atoms with van der Waals surface area (Å²) < 4.78 is 0. The average Bonchev–Trinajstić information content (AvgIpc) is 2.94. The van der Waals surface area contributed by atoms with Gasteiger partial charge in [0.15, 0.2) is 6.29 Å². The Hall–Kier alpha value is 1.66. The second-order valence-corrected chi connectivity index (χ2v) is 14.6. The van der Waals surface area contributed by atoms with Crippen LogP contribution in [0.25, 0.3) is 0 Å². The summed E-state index contributed by atoms with van der Waals surface area (Å²) in [6.07, 6.45) is 4.39. The molecule has 0 radical (unpaired) electrons. The van der Waals surface area contributed by atoms with Crippen molar-refractivity contribution in [2.24, 2.45) is 0 Å². The number of rotatable bonds is 15. The fourth-order valence-electron chi connectivity index (χ4n) is 3.40. The van der Waals surface area contributed by atoms with Crippen molar-refractivity contribution in [3.8, 4) is 0 Å². The third-order valence-corrected chi connectivity index (χ3v) is 10.1. The molecule has 0 aromatic carbocycles. The summed E-state index contributed by atoms with van der Waals surface area (Å²) in [6.45, 7) is 14.8. The molecule has 1 aliphatic heterocycles. The van der Waals surface area contributed by atoms with Crippen LogP contribution < -0.4 is 51.4 Å². The average molecular weight is 627 g/mol. The molecule has 1 rings (SSSR count). The number of nitrogens with zero attached hydrogens (tertiary/aromatic N) is 3. The molecule has 1 aliphatic rings. The molecular formula is C24H52KN3O7P3+. The summed E-state index contributed by atoms with van der Waals surface area (Å²) in [7, 11) is -5.87. The predicted octanol–water partition coefficient (Wildman–Crippen LogP) is -0.0965. The molecule has 0 aliphatic carbocycles. The molecule has 0 aromatic heterocycles. The van der Waals surface area contributed by atoms with Gasteiger partial charge in [-0.2, -0.15) is 0 Å². The molecule has 0 bridgehead atoms. The number of hydrogen-bond donors (Lipinski definition) is 4. The second-order valence-electron chi connectivity index (χ2n) is 8.64. The zero-order chi connectivity index (χ0) is 28.9. The van der Waals surface area contributed by atoms with Gasteiger partial charge in [-0.05, 0) is 26.2 Å². The topological polar surface area (TPSA) is 142 Å². The van der Waals surface area contributed by atoms with Crippen molar-refractivity contribution in [3.05, 3.63) is 0 Å². The number of carbonyl (C=O) groups excluding carboxylic acids is 3. The largest absolute Gasteiger partial charge is 1.00 e. The number of Topliss-reactive ketones (excluding diaryl/α,β-unsaturated/α-hetero) is 2. The van der Waals surface area contributed by atoms with Gasteiger partial charge in [0.2, 0.25) is 0 Å². The van der Waals surface area contributed by atoms with Crippen molar-refractivity contribution in [3.63, 3.8) is 0 Å². The van der Waals surface area contributed by atoms with Gasteiger partial charge >= 0.3 is 51.4 Å². The van der Waals surface area contributed by atoms with Crippen LogP contribution in [0.15, 0.2) is 0 Å². The van der Waals surface area contributed by atoms with E-state index in [1.54, 1.807) is 6.29 Å². The molecule has 4 N–H and O–H groups in total. The molecule has 2 atom stereocenters. The van der Waals surface area contributed by atoms with Crippen LogP contribution in [0, 0.1) is 0 Å². The predicted molar refractivity (Wildman–Crippen MR) is 157 cm³/mol.